The molecule has 0 saturated carbocycles. The second kappa shape index (κ2) is 7.75. The van der Waals surface area contributed by atoms with Gasteiger partial charge in [-0.2, -0.15) is 0 Å². The van der Waals surface area contributed by atoms with Crippen LogP contribution in [0.3, 0.4) is 0 Å². The van der Waals surface area contributed by atoms with Crippen molar-refractivity contribution in [3.8, 4) is 0 Å². The maximum atomic E-state index is 6.78. The van der Waals surface area contributed by atoms with Gasteiger partial charge in [-0.3, -0.25) is 0 Å². The van der Waals surface area contributed by atoms with Crippen LogP contribution in [0, 0.1) is 0 Å². The quantitative estimate of drug-likeness (QED) is 0.751. The highest BCUT2D eigenvalue weighted by molar-refractivity contribution is 6.92. The van der Waals surface area contributed by atoms with Gasteiger partial charge in [0.1, 0.15) is 0 Å². The van der Waals surface area contributed by atoms with Crippen molar-refractivity contribution in [2.45, 2.75) is 25.4 Å². The number of benzene rings is 2. The predicted molar refractivity (Wildman–Crippen MR) is 102 cm³/mol. The van der Waals surface area contributed by atoms with Crippen molar-refractivity contribution in [2.75, 3.05) is 7.11 Å². The molecule has 0 amide bonds. The fraction of sp³-hybridized carbons (Fsp3) is 0.238. The molecule has 2 aromatic carbocycles. The molecule has 0 aromatic heterocycles. The minimum absolute atomic E-state index is 0.0447. The lowest BCUT2D eigenvalue weighted by molar-refractivity contribution is 0.161. The first-order valence-electron chi connectivity index (χ1n) is 8.46. The summed E-state index contributed by atoms with van der Waals surface area (Å²) in [7, 11) is -0.986. The van der Waals surface area contributed by atoms with E-state index < -0.39 is 8.56 Å². The van der Waals surface area contributed by atoms with Crippen LogP contribution >= 0.6 is 0 Å². The molecule has 0 saturated heterocycles. The maximum Gasteiger partial charge on any atom is 0.407 e. The summed E-state index contributed by atoms with van der Waals surface area (Å²) in [6.07, 6.45) is 7.46. The first-order valence-corrected chi connectivity index (χ1v) is 10.3. The van der Waals surface area contributed by atoms with E-state index in [1.54, 1.807) is 7.11 Å². The first kappa shape index (κ1) is 16.9. The molecule has 24 heavy (non-hydrogen) atoms. The Balaban J connectivity index is 2.07. The zero-order valence-corrected chi connectivity index (χ0v) is 15.2. The Kier molecular flexibility index (Phi) is 5.46. The molecule has 1 aliphatic rings. The van der Waals surface area contributed by atoms with Crippen molar-refractivity contribution in [3.05, 3.63) is 85.0 Å². The largest absolute Gasteiger partial charge is 0.407 e. The van der Waals surface area contributed by atoms with E-state index in [0.29, 0.717) is 0 Å². The molecule has 0 radical (unpaired) electrons. The van der Waals surface area contributed by atoms with Gasteiger partial charge in [0.2, 0.25) is 0 Å². The van der Waals surface area contributed by atoms with Gasteiger partial charge >= 0.3 is 8.56 Å². The molecular weight excluding hydrogens is 312 g/mol. The highest BCUT2D eigenvalue weighted by atomic mass is 28.4. The normalized spacial score (nSPS) is 18.0. The van der Waals surface area contributed by atoms with Crippen molar-refractivity contribution < 1.29 is 8.85 Å². The van der Waals surface area contributed by atoms with E-state index in [4.69, 9.17) is 8.85 Å². The molecule has 1 unspecified atom stereocenters. The van der Waals surface area contributed by atoms with E-state index in [1.165, 1.54) is 5.57 Å². The molecule has 1 aliphatic carbocycles. The Hall–Kier alpha value is -1.94. The van der Waals surface area contributed by atoms with Gasteiger partial charge in [0.05, 0.1) is 6.10 Å². The van der Waals surface area contributed by atoms with Crippen LogP contribution in [0.4, 0.5) is 0 Å². The van der Waals surface area contributed by atoms with Crippen molar-refractivity contribution in [1.29, 1.82) is 0 Å². The SMILES string of the molecule is C=CC1=CCCCC1O[Si](OC)(c1ccccc1)c1ccccc1. The maximum absolute atomic E-state index is 6.78. The molecule has 1 atom stereocenters. The van der Waals surface area contributed by atoms with Crippen LogP contribution in [-0.4, -0.2) is 21.8 Å². The minimum Gasteiger partial charge on any atom is -0.391 e. The predicted octanol–water partition coefficient (Wildman–Crippen LogP) is 3.57. The molecule has 0 fully saturated rings. The molecular formula is C21H24O2Si. The molecule has 2 aromatic rings. The van der Waals surface area contributed by atoms with Gasteiger partial charge in [0.25, 0.3) is 0 Å². The Morgan fingerprint density at radius 3 is 2.08 bits per heavy atom. The highest BCUT2D eigenvalue weighted by Gasteiger charge is 2.44. The Morgan fingerprint density at radius 1 is 1.00 bits per heavy atom. The third kappa shape index (κ3) is 3.29. The van der Waals surface area contributed by atoms with E-state index in [-0.39, 0.29) is 6.10 Å². The van der Waals surface area contributed by atoms with Crippen LogP contribution in [-0.2, 0) is 8.85 Å². The summed E-state index contributed by atoms with van der Waals surface area (Å²) in [5.41, 5.74) is 1.18. The third-order valence-corrected chi connectivity index (χ3v) is 7.94. The standard InChI is InChI=1S/C21H24O2Si/c1-3-18-12-10-11-17-21(18)23-24(22-2,19-13-6-4-7-14-19)20-15-8-5-9-16-20/h3-9,12-16,21H,1,10-11,17H2,2H3. The van der Waals surface area contributed by atoms with Crippen molar-refractivity contribution >= 4 is 18.9 Å². The Labute approximate surface area is 145 Å². The Bertz CT molecular complexity index is 655. The Morgan fingerprint density at radius 2 is 1.58 bits per heavy atom. The molecule has 0 aliphatic heterocycles. The topological polar surface area (TPSA) is 18.5 Å². The lowest BCUT2D eigenvalue weighted by Gasteiger charge is -2.35. The second-order valence-electron chi connectivity index (χ2n) is 6.00. The zero-order valence-electron chi connectivity index (χ0n) is 14.2. The third-order valence-electron chi connectivity index (χ3n) is 4.56. The summed E-state index contributed by atoms with van der Waals surface area (Å²) in [4.78, 5) is 0. The lowest BCUT2D eigenvalue weighted by atomic mass is 9.97. The number of rotatable bonds is 6. The minimum atomic E-state index is -2.76. The van der Waals surface area contributed by atoms with Gasteiger partial charge in [-0.25, -0.2) is 0 Å². The smallest absolute Gasteiger partial charge is 0.391 e. The number of hydrogen-bond donors (Lipinski definition) is 0. The molecule has 2 nitrogen and oxygen atoms in total. The average molecular weight is 337 g/mol. The zero-order chi connectivity index (χ0) is 16.8. The molecule has 0 heterocycles. The van der Waals surface area contributed by atoms with Gasteiger partial charge in [-0.15, -0.1) is 0 Å². The average Bonchev–Trinajstić information content (AvgIpc) is 2.68. The molecule has 3 rings (SSSR count). The van der Waals surface area contributed by atoms with Crippen LogP contribution in [0.25, 0.3) is 0 Å². The number of hydrogen-bond acceptors (Lipinski definition) is 2. The van der Waals surface area contributed by atoms with Crippen LogP contribution in [0.1, 0.15) is 19.3 Å². The number of allylic oxidation sites excluding steroid dienone is 1. The van der Waals surface area contributed by atoms with E-state index in [9.17, 15) is 0 Å². The van der Waals surface area contributed by atoms with Gasteiger partial charge < -0.3 is 8.85 Å². The van der Waals surface area contributed by atoms with Gasteiger partial charge in [-0.05, 0) is 35.2 Å². The van der Waals surface area contributed by atoms with E-state index >= 15 is 0 Å². The van der Waals surface area contributed by atoms with Gasteiger partial charge in [-0.1, -0.05) is 79.4 Å². The van der Waals surface area contributed by atoms with Crippen LogP contribution in [0.15, 0.2) is 85.0 Å². The highest BCUT2D eigenvalue weighted by Crippen LogP contribution is 2.25. The summed E-state index contributed by atoms with van der Waals surface area (Å²) in [6.45, 7) is 3.96. The summed E-state index contributed by atoms with van der Waals surface area (Å²) in [5, 5.41) is 2.26. The molecule has 0 spiro atoms. The molecule has 0 bridgehead atoms. The van der Waals surface area contributed by atoms with E-state index in [0.717, 1.165) is 29.6 Å². The molecule has 0 N–H and O–H groups in total. The van der Waals surface area contributed by atoms with Gasteiger partial charge in [0, 0.05) is 7.11 Å². The lowest BCUT2D eigenvalue weighted by Crippen LogP contribution is -2.64. The second-order valence-corrected chi connectivity index (χ2v) is 9.03. The van der Waals surface area contributed by atoms with Crippen molar-refractivity contribution in [2.24, 2.45) is 0 Å². The van der Waals surface area contributed by atoms with E-state index in [1.807, 2.05) is 42.5 Å². The first-order chi connectivity index (χ1) is 11.8. The fourth-order valence-electron chi connectivity index (χ4n) is 3.31. The van der Waals surface area contributed by atoms with Crippen molar-refractivity contribution in [1.82, 2.24) is 0 Å². The molecule has 124 valence electrons. The fourth-order valence-corrected chi connectivity index (χ4v) is 6.40. The van der Waals surface area contributed by atoms with E-state index in [2.05, 4.69) is 36.9 Å². The summed E-state index contributed by atoms with van der Waals surface area (Å²) < 4.78 is 12.9. The van der Waals surface area contributed by atoms with Crippen LogP contribution < -0.4 is 10.4 Å². The van der Waals surface area contributed by atoms with Crippen LogP contribution in [0.5, 0.6) is 0 Å². The summed E-state index contributed by atoms with van der Waals surface area (Å²) in [6, 6.07) is 20.7. The monoisotopic (exact) mass is 336 g/mol. The molecule has 3 heteroatoms. The summed E-state index contributed by atoms with van der Waals surface area (Å²) >= 11 is 0. The van der Waals surface area contributed by atoms with Gasteiger partial charge in [0.15, 0.2) is 0 Å². The summed E-state index contributed by atoms with van der Waals surface area (Å²) in [5.74, 6) is 0. The van der Waals surface area contributed by atoms with Crippen LogP contribution in [0.2, 0.25) is 0 Å². The van der Waals surface area contributed by atoms with Crippen molar-refractivity contribution in [3.63, 3.8) is 0 Å².